The minimum atomic E-state index is 0.0562. The minimum absolute atomic E-state index is 0.0562. The van der Waals surface area contributed by atoms with Gasteiger partial charge in [0.05, 0.1) is 6.04 Å². The summed E-state index contributed by atoms with van der Waals surface area (Å²) < 4.78 is 0. The first-order valence-electron chi connectivity index (χ1n) is 7.09. The number of benzene rings is 1. The van der Waals surface area contributed by atoms with E-state index in [-0.39, 0.29) is 12.1 Å². The number of urea groups is 1. The standard InChI is InChI=1S/C15H21N3O/c1-16-7-8-18-10-14(17-15(18)19)13-6-5-11-3-2-4-12(11)9-13/h5-6,9,14,16H,2-4,7-8,10H2,1H3,(H,17,19). The van der Waals surface area contributed by atoms with Crippen LogP contribution in [0.4, 0.5) is 4.79 Å². The zero-order valence-corrected chi connectivity index (χ0v) is 11.4. The maximum Gasteiger partial charge on any atom is 0.318 e. The molecule has 1 atom stereocenters. The van der Waals surface area contributed by atoms with Crippen LogP contribution in [0.3, 0.4) is 0 Å². The SMILES string of the molecule is CNCCN1CC(c2ccc3c(c2)CCC3)NC1=O. The minimum Gasteiger partial charge on any atom is -0.329 e. The Morgan fingerprint density at radius 3 is 3.05 bits per heavy atom. The Balaban J connectivity index is 1.71. The average Bonchev–Trinajstić information content (AvgIpc) is 3.02. The van der Waals surface area contributed by atoms with Gasteiger partial charge in [-0.2, -0.15) is 0 Å². The van der Waals surface area contributed by atoms with E-state index in [4.69, 9.17) is 0 Å². The Morgan fingerprint density at radius 1 is 1.37 bits per heavy atom. The quantitative estimate of drug-likeness (QED) is 0.860. The van der Waals surface area contributed by atoms with Crippen molar-refractivity contribution in [3.05, 3.63) is 34.9 Å². The molecule has 19 heavy (non-hydrogen) atoms. The highest BCUT2D eigenvalue weighted by Crippen LogP contribution is 2.27. The van der Waals surface area contributed by atoms with Gasteiger partial charge in [0.25, 0.3) is 0 Å². The number of fused-ring (bicyclic) bond motifs is 1. The van der Waals surface area contributed by atoms with E-state index in [1.807, 2.05) is 11.9 Å². The number of nitrogens with one attached hydrogen (secondary N) is 2. The fourth-order valence-electron chi connectivity index (χ4n) is 3.03. The molecule has 1 aromatic rings. The smallest absolute Gasteiger partial charge is 0.318 e. The van der Waals surface area contributed by atoms with Gasteiger partial charge < -0.3 is 15.5 Å². The van der Waals surface area contributed by atoms with E-state index in [1.165, 1.54) is 36.0 Å². The number of nitrogens with zero attached hydrogens (tertiary/aromatic N) is 1. The second-order valence-corrected chi connectivity index (χ2v) is 5.43. The molecule has 1 aromatic carbocycles. The number of likely N-dealkylation sites (N-methyl/N-ethyl adjacent to an activating group) is 1. The third-order valence-corrected chi connectivity index (χ3v) is 4.14. The molecule has 2 N–H and O–H groups in total. The molecule has 0 aromatic heterocycles. The number of amides is 2. The molecule has 0 bridgehead atoms. The van der Waals surface area contributed by atoms with Crippen LogP contribution in [-0.2, 0) is 12.8 Å². The Hall–Kier alpha value is -1.55. The normalized spacial score (nSPS) is 21.6. The third kappa shape index (κ3) is 2.45. The van der Waals surface area contributed by atoms with Crippen molar-refractivity contribution in [1.29, 1.82) is 0 Å². The van der Waals surface area contributed by atoms with Crippen molar-refractivity contribution in [3.63, 3.8) is 0 Å². The Labute approximate surface area is 114 Å². The molecule has 2 aliphatic rings. The van der Waals surface area contributed by atoms with Crippen LogP contribution in [0.1, 0.15) is 29.2 Å². The fraction of sp³-hybridized carbons (Fsp3) is 0.533. The molecule has 1 saturated heterocycles. The summed E-state index contributed by atoms with van der Waals surface area (Å²) in [6, 6.07) is 6.90. The van der Waals surface area contributed by atoms with E-state index >= 15 is 0 Å². The first-order chi connectivity index (χ1) is 9.28. The largest absolute Gasteiger partial charge is 0.329 e. The van der Waals surface area contributed by atoms with Crippen molar-refractivity contribution in [2.75, 3.05) is 26.7 Å². The van der Waals surface area contributed by atoms with Crippen LogP contribution in [0, 0.1) is 0 Å². The van der Waals surface area contributed by atoms with Crippen molar-refractivity contribution >= 4 is 6.03 Å². The van der Waals surface area contributed by atoms with Gasteiger partial charge in [-0.1, -0.05) is 18.2 Å². The second kappa shape index (κ2) is 5.21. The topological polar surface area (TPSA) is 44.4 Å². The number of carbonyl (C=O) groups excluding carboxylic acids is 1. The molecule has 4 nitrogen and oxygen atoms in total. The number of carbonyl (C=O) groups is 1. The first kappa shape index (κ1) is 12.5. The van der Waals surface area contributed by atoms with Crippen LogP contribution in [0.5, 0.6) is 0 Å². The van der Waals surface area contributed by atoms with Gasteiger partial charge in [0, 0.05) is 19.6 Å². The van der Waals surface area contributed by atoms with Crippen molar-refractivity contribution in [2.45, 2.75) is 25.3 Å². The molecule has 0 spiro atoms. The maximum atomic E-state index is 11.9. The van der Waals surface area contributed by atoms with Crippen LogP contribution in [0.15, 0.2) is 18.2 Å². The summed E-state index contributed by atoms with van der Waals surface area (Å²) in [6.45, 7) is 2.38. The molecule has 1 fully saturated rings. The monoisotopic (exact) mass is 259 g/mol. The molecule has 2 amide bonds. The number of aryl methyl sites for hydroxylation is 2. The molecule has 1 aliphatic heterocycles. The molecule has 0 radical (unpaired) electrons. The summed E-state index contributed by atoms with van der Waals surface area (Å²) in [4.78, 5) is 13.8. The van der Waals surface area contributed by atoms with Crippen molar-refractivity contribution in [1.82, 2.24) is 15.5 Å². The van der Waals surface area contributed by atoms with Crippen molar-refractivity contribution in [3.8, 4) is 0 Å². The highest BCUT2D eigenvalue weighted by Gasteiger charge is 2.29. The van der Waals surface area contributed by atoms with Gasteiger partial charge in [-0.05, 0) is 43.0 Å². The lowest BCUT2D eigenvalue weighted by Crippen LogP contribution is -2.33. The lowest BCUT2D eigenvalue weighted by atomic mass is 10.0. The van der Waals surface area contributed by atoms with Crippen LogP contribution in [0.25, 0.3) is 0 Å². The predicted molar refractivity (Wildman–Crippen MR) is 75.2 cm³/mol. The molecule has 3 rings (SSSR count). The second-order valence-electron chi connectivity index (χ2n) is 5.43. The molecule has 1 aliphatic carbocycles. The molecule has 102 valence electrons. The van der Waals surface area contributed by atoms with E-state index in [9.17, 15) is 4.79 Å². The van der Waals surface area contributed by atoms with Gasteiger partial charge in [0.1, 0.15) is 0 Å². The zero-order chi connectivity index (χ0) is 13.2. The number of hydrogen-bond acceptors (Lipinski definition) is 2. The van der Waals surface area contributed by atoms with E-state index < -0.39 is 0 Å². The van der Waals surface area contributed by atoms with Crippen molar-refractivity contribution in [2.24, 2.45) is 0 Å². The highest BCUT2D eigenvalue weighted by molar-refractivity contribution is 5.77. The van der Waals surface area contributed by atoms with Gasteiger partial charge in [0.2, 0.25) is 0 Å². The Kier molecular flexibility index (Phi) is 3.42. The first-order valence-corrected chi connectivity index (χ1v) is 7.09. The van der Waals surface area contributed by atoms with Gasteiger partial charge in [-0.15, -0.1) is 0 Å². The Bertz CT molecular complexity index is 486. The molecule has 0 saturated carbocycles. The molecular formula is C15H21N3O. The summed E-state index contributed by atoms with van der Waals surface area (Å²) in [5.74, 6) is 0. The highest BCUT2D eigenvalue weighted by atomic mass is 16.2. The molecule has 1 unspecified atom stereocenters. The van der Waals surface area contributed by atoms with Gasteiger partial charge in [0.15, 0.2) is 0 Å². The summed E-state index contributed by atoms with van der Waals surface area (Å²) in [6.07, 6.45) is 3.67. The van der Waals surface area contributed by atoms with Crippen LogP contribution >= 0.6 is 0 Å². The Morgan fingerprint density at radius 2 is 2.21 bits per heavy atom. The van der Waals surface area contributed by atoms with Gasteiger partial charge >= 0.3 is 6.03 Å². The van der Waals surface area contributed by atoms with E-state index in [2.05, 4.69) is 28.8 Å². The summed E-state index contributed by atoms with van der Waals surface area (Å²) >= 11 is 0. The molecule has 4 heteroatoms. The predicted octanol–water partition coefficient (Wildman–Crippen LogP) is 1.46. The fourth-order valence-corrected chi connectivity index (χ4v) is 3.03. The number of hydrogen-bond donors (Lipinski definition) is 2. The maximum absolute atomic E-state index is 11.9. The lowest BCUT2D eigenvalue weighted by Gasteiger charge is -2.14. The van der Waals surface area contributed by atoms with Crippen LogP contribution < -0.4 is 10.6 Å². The summed E-state index contributed by atoms with van der Waals surface area (Å²) in [7, 11) is 1.91. The molecular weight excluding hydrogens is 238 g/mol. The van der Waals surface area contributed by atoms with E-state index in [1.54, 1.807) is 0 Å². The van der Waals surface area contributed by atoms with E-state index in [0.717, 1.165) is 19.6 Å². The van der Waals surface area contributed by atoms with E-state index in [0.29, 0.717) is 0 Å². The molecule has 1 heterocycles. The van der Waals surface area contributed by atoms with Crippen molar-refractivity contribution < 1.29 is 4.79 Å². The summed E-state index contributed by atoms with van der Waals surface area (Å²) in [5, 5.41) is 6.16. The summed E-state index contributed by atoms with van der Waals surface area (Å²) in [5.41, 5.74) is 4.21. The zero-order valence-electron chi connectivity index (χ0n) is 11.4. The third-order valence-electron chi connectivity index (χ3n) is 4.14. The average molecular weight is 259 g/mol. The van der Waals surface area contributed by atoms with Gasteiger partial charge in [-0.25, -0.2) is 4.79 Å². The van der Waals surface area contributed by atoms with Crippen LogP contribution in [-0.4, -0.2) is 37.6 Å². The number of rotatable bonds is 4. The lowest BCUT2D eigenvalue weighted by molar-refractivity contribution is 0.218. The van der Waals surface area contributed by atoms with Gasteiger partial charge in [-0.3, -0.25) is 0 Å². The van der Waals surface area contributed by atoms with Crippen LogP contribution in [0.2, 0.25) is 0 Å².